The van der Waals surface area contributed by atoms with Crippen molar-refractivity contribution in [1.82, 2.24) is 20.8 Å². The number of rotatable bonds is 4. The van der Waals surface area contributed by atoms with Crippen molar-refractivity contribution in [2.75, 3.05) is 0 Å². The van der Waals surface area contributed by atoms with E-state index in [1.807, 2.05) is 0 Å². The normalized spacial score (nSPS) is 11.5. The van der Waals surface area contributed by atoms with E-state index in [1.54, 1.807) is 54.7 Å². The molecule has 2 heterocycles. The lowest BCUT2D eigenvalue weighted by Gasteiger charge is -2.10. The monoisotopic (exact) mass is 496 g/mol. The zero-order chi connectivity index (χ0) is 25.0. The molecule has 0 atom stereocenters. The van der Waals surface area contributed by atoms with E-state index in [0.29, 0.717) is 22.3 Å². The first kappa shape index (κ1) is 23.9. The third-order valence-electron chi connectivity index (χ3n) is 4.92. The van der Waals surface area contributed by atoms with Crippen molar-refractivity contribution >= 4 is 40.4 Å². The van der Waals surface area contributed by atoms with Gasteiger partial charge < -0.3 is 0 Å². The Morgan fingerprint density at radius 3 is 2.43 bits per heavy atom. The van der Waals surface area contributed by atoms with Gasteiger partial charge in [0.15, 0.2) is 0 Å². The Hall–Kier alpha value is -4.24. The van der Waals surface area contributed by atoms with Gasteiger partial charge in [0.2, 0.25) is 0 Å². The molecule has 2 aromatic heterocycles. The molecule has 0 bridgehead atoms. The van der Waals surface area contributed by atoms with Crippen LogP contribution in [0.15, 0.2) is 79.0 Å². The Labute approximate surface area is 202 Å². The number of nitrogens with zero attached hydrogens (tertiary/aromatic N) is 2. The van der Waals surface area contributed by atoms with E-state index in [-0.39, 0.29) is 16.1 Å². The van der Waals surface area contributed by atoms with E-state index in [1.165, 1.54) is 0 Å². The number of fused-ring (bicyclic) bond motifs is 1. The molecule has 2 aromatic carbocycles. The third kappa shape index (κ3) is 5.64. The molecule has 0 radical (unpaired) electrons. The Kier molecular flexibility index (Phi) is 6.79. The second kappa shape index (κ2) is 9.94. The predicted molar refractivity (Wildman–Crippen MR) is 126 cm³/mol. The van der Waals surface area contributed by atoms with Gasteiger partial charge in [-0.05, 0) is 54.1 Å². The molecule has 2 N–H and O–H groups in total. The zero-order valence-electron chi connectivity index (χ0n) is 17.8. The van der Waals surface area contributed by atoms with Crippen LogP contribution in [-0.4, -0.2) is 21.8 Å². The van der Waals surface area contributed by atoms with Crippen LogP contribution >= 0.6 is 11.6 Å². The Bertz CT molecular complexity index is 1440. The lowest BCUT2D eigenvalue weighted by atomic mass is 10.1. The molecule has 4 aromatic rings. The summed E-state index contributed by atoms with van der Waals surface area (Å²) in [4.78, 5) is 33.9. The summed E-state index contributed by atoms with van der Waals surface area (Å²) < 4.78 is 38.7. The molecule has 35 heavy (non-hydrogen) atoms. The molecule has 0 fully saturated rings. The van der Waals surface area contributed by atoms with Gasteiger partial charge in [-0.3, -0.25) is 25.4 Å². The van der Waals surface area contributed by atoms with Gasteiger partial charge in [-0.25, -0.2) is 4.98 Å². The number of nitrogens with one attached hydrogen (secondary N) is 2. The minimum atomic E-state index is -4.55. The minimum absolute atomic E-state index is 0.00287. The number of amides is 2. The smallest absolute Gasteiger partial charge is 0.268 e. The molecule has 0 aliphatic rings. The van der Waals surface area contributed by atoms with E-state index in [4.69, 9.17) is 11.6 Å². The topological polar surface area (TPSA) is 84.0 Å². The summed E-state index contributed by atoms with van der Waals surface area (Å²) in [6.45, 7) is 0. The second-order valence-electron chi connectivity index (χ2n) is 7.30. The molecule has 176 valence electrons. The highest BCUT2D eigenvalue weighted by Gasteiger charge is 2.30. The fourth-order valence-corrected chi connectivity index (χ4v) is 3.43. The number of para-hydroxylation sites is 1. The van der Waals surface area contributed by atoms with Crippen molar-refractivity contribution in [3.05, 3.63) is 101 Å². The molecule has 2 amide bonds. The van der Waals surface area contributed by atoms with Crippen molar-refractivity contribution in [2.24, 2.45) is 0 Å². The molecule has 10 heteroatoms. The van der Waals surface area contributed by atoms with Crippen LogP contribution in [0.3, 0.4) is 0 Å². The van der Waals surface area contributed by atoms with Crippen molar-refractivity contribution in [1.29, 1.82) is 0 Å². The molecule has 0 aliphatic heterocycles. The summed E-state index contributed by atoms with van der Waals surface area (Å²) in [7, 11) is 0. The van der Waals surface area contributed by atoms with Crippen molar-refractivity contribution < 1.29 is 22.8 Å². The van der Waals surface area contributed by atoms with Gasteiger partial charge in [0.25, 0.3) is 11.8 Å². The molecule has 0 aliphatic carbocycles. The van der Waals surface area contributed by atoms with Gasteiger partial charge >= 0.3 is 6.18 Å². The number of pyridine rings is 2. The van der Waals surface area contributed by atoms with E-state index >= 15 is 0 Å². The summed E-state index contributed by atoms with van der Waals surface area (Å²) in [5, 5.41) is 0.599. The number of hydrazine groups is 1. The van der Waals surface area contributed by atoms with E-state index in [2.05, 4.69) is 20.8 Å². The van der Waals surface area contributed by atoms with Crippen molar-refractivity contribution in [2.45, 2.75) is 6.18 Å². The van der Waals surface area contributed by atoms with E-state index in [0.717, 1.165) is 30.4 Å². The standard InChI is InChI=1S/C25H16ClF3N4O2/c26-19-10-9-16(25(27,28)29)13-15(19)8-11-23(34)32-33-24(35)18-14-22(21-7-3-4-12-30-21)31-20-6-2-1-5-17(18)20/h1-14H,(H,32,34)(H,33,35). The van der Waals surface area contributed by atoms with E-state index in [9.17, 15) is 22.8 Å². The molecule has 0 saturated heterocycles. The fourth-order valence-electron chi connectivity index (χ4n) is 3.25. The lowest BCUT2D eigenvalue weighted by molar-refractivity contribution is -0.137. The highest BCUT2D eigenvalue weighted by Crippen LogP contribution is 2.32. The van der Waals surface area contributed by atoms with Crippen LogP contribution < -0.4 is 10.9 Å². The number of halogens is 4. The maximum Gasteiger partial charge on any atom is 0.416 e. The number of alkyl halides is 3. The molecule has 0 saturated carbocycles. The lowest BCUT2D eigenvalue weighted by Crippen LogP contribution is -2.40. The van der Waals surface area contributed by atoms with Gasteiger partial charge in [0.05, 0.1) is 28.0 Å². The highest BCUT2D eigenvalue weighted by molar-refractivity contribution is 6.32. The average molecular weight is 497 g/mol. The number of hydrogen-bond acceptors (Lipinski definition) is 4. The quantitative estimate of drug-likeness (QED) is 0.291. The number of aromatic nitrogens is 2. The summed E-state index contributed by atoms with van der Waals surface area (Å²) >= 11 is 5.93. The highest BCUT2D eigenvalue weighted by atomic mass is 35.5. The maximum absolute atomic E-state index is 12.9. The molecule has 6 nitrogen and oxygen atoms in total. The van der Waals surface area contributed by atoms with Crippen LogP contribution in [0.5, 0.6) is 0 Å². The van der Waals surface area contributed by atoms with Crippen LogP contribution in [-0.2, 0) is 11.0 Å². The van der Waals surface area contributed by atoms with Gasteiger partial charge in [-0.1, -0.05) is 35.9 Å². The number of carbonyl (C=O) groups excluding carboxylic acids is 2. The first-order valence-corrected chi connectivity index (χ1v) is 10.6. The largest absolute Gasteiger partial charge is 0.416 e. The molecule has 4 rings (SSSR count). The zero-order valence-corrected chi connectivity index (χ0v) is 18.6. The van der Waals surface area contributed by atoms with Crippen molar-refractivity contribution in [3.8, 4) is 11.4 Å². The van der Waals surface area contributed by atoms with Crippen LogP contribution in [0.2, 0.25) is 5.02 Å². The molecular formula is C25H16ClF3N4O2. The fraction of sp³-hybridized carbons (Fsp3) is 0.0400. The van der Waals surface area contributed by atoms with Gasteiger partial charge in [-0.2, -0.15) is 13.2 Å². The Balaban J connectivity index is 1.52. The Morgan fingerprint density at radius 1 is 0.914 bits per heavy atom. The van der Waals surface area contributed by atoms with Crippen LogP contribution in [0.1, 0.15) is 21.5 Å². The van der Waals surface area contributed by atoms with Gasteiger partial charge in [-0.15, -0.1) is 0 Å². The molecule has 0 unspecified atom stereocenters. The van der Waals surface area contributed by atoms with Crippen LogP contribution in [0.25, 0.3) is 28.4 Å². The van der Waals surface area contributed by atoms with E-state index < -0.39 is 23.6 Å². The summed E-state index contributed by atoms with van der Waals surface area (Å²) in [5.41, 5.74) is 5.47. The van der Waals surface area contributed by atoms with Gasteiger partial charge in [0.1, 0.15) is 0 Å². The minimum Gasteiger partial charge on any atom is -0.268 e. The summed E-state index contributed by atoms with van der Waals surface area (Å²) in [5.74, 6) is -1.38. The average Bonchev–Trinajstić information content (AvgIpc) is 2.86. The molecule has 0 spiro atoms. The second-order valence-corrected chi connectivity index (χ2v) is 7.71. The summed E-state index contributed by atoms with van der Waals surface area (Å²) in [6, 6.07) is 16.6. The molecular weight excluding hydrogens is 481 g/mol. The Morgan fingerprint density at radius 2 is 1.69 bits per heavy atom. The van der Waals surface area contributed by atoms with Crippen LogP contribution in [0, 0.1) is 0 Å². The first-order chi connectivity index (χ1) is 16.7. The number of benzene rings is 2. The first-order valence-electron chi connectivity index (χ1n) is 10.2. The SMILES string of the molecule is O=C(C=Cc1cc(C(F)(F)F)ccc1Cl)NNC(=O)c1cc(-c2ccccn2)nc2ccccc12. The van der Waals surface area contributed by atoms with Gasteiger partial charge in [0, 0.05) is 22.7 Å². The van der Waals surface area contributed by atoms with Crippen molar-refractivity contribution in [3.63, 3.8) is 0 Å². The predicted octanol–water partition coefficient (Wildman–Crippen LogP) is 5.44. The number of hydrogen-bond donors (Lipinski definition) is 2. The third-order valence-corrected chi connectivity index (χ3v) is 5.27. The van der Waals surface area contributed by atoms with Crippen LogP contribution in [0.4, 0.5) is 13.2 Å². The number of carbonyl (C=O) groups is 2. The summed E-state index contributed by atoms with van der Waals surface area (Å²) in [6.07, 6.45) is -0.855. The maximum atomic E-state index is 12.9.